The van der Waals surface area contributed by atoms with Gasteiger partial charge in [-0.25, -0.2) is 13.2 Å². The Labute approximate surface area is 135 Å². The summed E-state index contributed by atoms with van der Waals surface area (Å²) in [5.74, 6) is -2.96. The zero-order valence-corrected chi connectivity index (χ0v) is 13.3. The average molecular weight is 324 g/mol. The maximum absolute atomic E-state index is 12.0. The summed E-state index contributed by atoms with van der Waals surface area (Å²) in [7, 11) is 0. The van der Waals surface area contributed by atoms with E-state index in [9.17, 15) is 13.2 Å². The molecule has 126 valence electrons. The normalized spacial score (nSPS) is 18.8. The molecule has 2 N–H and O–H groups in total. The molecule has 0 aliphatic carbocycles. The predicted molar refractivity (Wildman–Crippen MR) is 88.4 cm³/mol. The molecule has 23 heavy (non-hydrogen) atoms. The van der Waals surface area contributed by atoms with Crippen LogP contribution in [-0.4, -0.2) is 30.6 Å². The van der Waals surface area contributed by atoms with Crippen molar-refractivity contribution >= 4 is 0 Å². The van der Waals surface area contributed by atoms with Crippen LogP contribution in [0.3, 0.4) is 0 Å². The first-order chi connectivity index (χ1) is 10.9. The van der Waals surface area contributed by atoms with E-state index < -0.39 is 17.5 Å². The van der Waals surface area contributed by atoms with Gasteiger partial charge in [0.15, 0.2) is 11.6 Å². The van der Waals surface area contributed by atoms with Crippen molar-refractivity contribution in [2.24, 2.45) is 5.73 Å². The Morgan fingerprint density at radius 3 is 2.57 bits per heavy atom. The molecule has 0 radical (unpaired) electrons. The monoisotopic (exact) mass is 324 g/mol. The van der Waals surface area contributed by atoms with E-state index in [1.165, 1.54) is 5.57 Å². The zero-order chi connectivity index (χ0) is 17.2. The summed E-state index contributed by atoms with van der Waals surface area (Å²) in [5, 5.41) is 0. The Morgan fingerprint density at radius 2 is 2.04 bits per heavy atom. The second-order valence-electron chi connectivity index (χ2n) is 5.48. The van der Waals surface area contributed by atoms with Crippen LogP contribution >= 0.6 is 0 Å². The van der Waals surface area contributed by atoms with Crippen molar-refractivity contribution in [1.82, 2.24) is 4.90 Å². The Morgan fingerprint density at radius 1 is 1.30 bits per heavy atom. The lowest BCUT2D eigenvalue weighted by Gasteiger charge is -2.14. The number of rotatable bonds is 4. The molecular weight excluding hydrogens is 301 g/mol. The third kappa shape index (κ3) is 7.81. The van der Waals surface area contributed by atoms with Crippen molar-refractivity contribution in [3.63, 3.8) is 0 Å². The van der Waals surface area contributed by atoms with Gasteiger partial charge in [0.25, 0.3) is 0 Å². The molecule has 1 heterocycles. The largest absolute Gasteiger partial charge is 0.326 e. The lowest BCUT2D eigenvalue weighted by molar-refractivity contribution is 0.363. The second-order valence-corrected chi connectivity index (χ2v) is 5.48. The molecule has 0 bridgehead atoms. The van der Waals surface area contributed by atoms with Crippen LogP contribution in [0.5, 0.6) is 0 Å². The van der Waals surface area contributed by atoms with Crippen LogP contribution in [0.4, 0.5) is 13.2 Å². The van der Waals surface area contributed by atoms with Crippen molar-refractivity contribution in [3.8, 4) is 0 Å². The fourth-order valence-corrected chi connectivity index (χ4v) is 2.18. The molecule has 1 unspecified atom stereocenters. The standard InChI is InChI=1S/C12H20N2.C6H3F3/c1-3-4-5-6-11(2)9-14-8-7-12(13)10-14;7-4-1-2-5(8)6(9)3-4/h3-6,12H,1,7-10,13H2,2H3;1-3H/b5-4-,11-6+;. The second kappa shape index (κ2) is 10.0. The van der Waals surface area contributed by atoms with Gasteiger partial charge in [-0.3, -0.25) is 4.90 Å². The molecule has 0 saturated carbocycles. The van der Waals surface area contributed by atoms with E-state index >= 15 is 0 Å². The minimum atomic E-state index is -1.16. The maximum Gasteiger partial charge on any atom is 0.161 e. The predicted octanol–water partition coefficient (Wildman–Crippen LogP) is 3.81. The van der Waals surface area contributed by atoms with E-state index in [0.717, 1.165) is 38.2 Å². The van der Waals surface area contributed by atoms with Crippen LogP contribution in [0.1, 0.15) is 13.3 Å². The lowest BCUT2D eigenvalue weighted by Crippen LogP contribution is -2.27. The fraction of sp³-hybridized carbons (Fsp3) is 0.333. The number of likely N-dealkylation sites (tertiary alicyclic amines) is 1. The molecule has 2 nitrogen and oxygen atoms in total. The Kier molecular flexibility index (Phi) is 8.37. The zero-order valence-electron chi connectivity index (χ0n) is 13.3. The molecule has 1 aliphatic heterocycles. The minimum Gasteiger partial charge on any atom is -0.326 e. The number of allylic oxidation sites excluding steroid dienone is 4. The summed E-state index contributed by atoms with van der Waals surface area (Å²) in [6.45, 7) is 8.99. The summed E-state index contributed by atoms with van der Waals surface area (Å²) < 4.78 is 35.9. The summed E-state index contributed by atoms with van der Waals surface area (Å²) in [6.07, 6.45) is 9.02. The molecule has 1 fully saturated rings. The first kappa shape index (κ1) is 19.2. The lowest BCUT2D eigenvalue weighted by atomic mass is 10.2. The van der Waals surface area contributed by atoms with Gasteiger partial charge < -0.3 is 5.73 Å². The van der Waals surface area contributed by atoms with Crippen molar-refractivity contribution in [1.29, 1.82) is 0 Å². The van der Waals surface area contributed by atoms with Crippen LogP contribution in [0.25, 0.3) is 0 Å². The molecule has 1 saturated heterocycles. The fourth-order valence-electron chi connectivity index (χ4n) is 2.18. The maximum atomic E-state index is 12.0. The summed E-state index contributed by atoms with van der Waals surface area (Å²) in [4.78, 5) is 2.40. The number of hydrogen-bond donors (Lipinski definition) is 1. The smallest absolute Gasteiger partial charge is 0.161 e. The Hall–Kier alpha value is -1.85. The van der Waals surface area contributed by atoms with Gasteiger partial charge in [0, 0.05) is 31.7 Å². The molecule has 1 aliphatic rings. The third-order valence-electron chi connectivity index (χ3n) is 3.29. The summed E-state index contributed by atoms with van der Waals surface area (Å²) in [6, 6.07) is 2.48. The van der Waals surface area contributed by atoms with Crippen molar-refractivity contribution in [3.05, 3.63) is 72.1 Å². The third-order valence-corrected chi connectivity index (χ3v) is 3.29. The summed E-state index contributed by atoms with van der Waals surface area (Å²) >= 11 is 0. The van der Waals surface area contributed by atoms with E-state index in [4.69, 9.17) is 5.73 Å². The van der Waals surface area contributed by atoms with Crippen LogP contribution in [0.2, 0.25) is 0 Å². The van der Waals surface area contributed by atoms with E-state index in [1.807, 2.05) is 12.2 Å². The van der Waals surface area contributed by atoms with Crippen molar-refractivity contribution < 1.29 is 13.2 Å². The van der Waals surface area contributed by atoms with E-state index in [1.54, 1.807) is 6.08 Å². The highest BCUT2D eigenvalue weighted by Crippen LogP contribution is 2.09. The highest BCUT2D eigenvalue weighted by molar-refractivity contribution is 5.15. The van der Waals surface area contributed by atoms with Gasteiger partial charge in [0.2, 0.25) is 0 Å². The highest BCUT2D eigenvalue weighted by Gasteiger charge is 2.18. The van der Waals surface area contributed by atoms with Crippen LogP contribution < -0.4 is 5.73 Å². The topological polar surface area (TPSA) is 29.3 Å². The van der Waals surface area contributed by atoms with Gasteiger partial charge in [0.05, 0.1) is 0 Å². The van der Waals surface area contributed by atoms with Gasteiger partial charge in [0.1, 0.15) is 5.82 Å². The molecule has 1 aromatic carbocycles. The molecule has 2 rings (SSSR count). The molecule has 0 amide bonds. The Balaban J connectivity index is 0.000000253. The Bertz CT molecular complexity index is 567. The van der Waals surface area contributed by atoms with Crippen LogP contribution in [0.15, 0.2) is 54.7 Å². The molecular formula is C18H23F3N2. The van der Waals surface area contributed by atoms with Crippen molar-refractivity contribution in [2.75, 3.05) is 19.6 Å². The van der Waals surface area contributed by atoms with Gasteiger partial charge >= 0.3 is 0 Å². The quantitative estimate of drug-likeness (QED) is 0.674. The molecule has 0 spiro atoms. The minimum absolute atomic E-state index is 0.381. The molecule has 1 atom stereocenters. The average Bonchev–Trinajstić information content (AvgIpc) is 2.89. The first-order valence-electron chi connectivity index (χ1n) is 7.45. The van der Waals surface area contributed by atoms with E-state index in [0.29, 0.717) is 12.1 Å². The van der Waals surface area contributed by atoms with Crippen LogP contribution in [0, 0.1) is 17.5 Å². The number of benzene rings is 1. The summed E-state index contributed by atoms with van der Waals surface area (Å²) in [5.41, 5.74) is 7.21. The van der Waals surface area contributed by atoms with Crippen molar-refractivity contribution in [2.45, 2.75) is 19.4 Å². The SMILES string of the molecule is C=C/C=C\C=C(/C)CN1CCC(N)C1.Fc1ccc(F)c(F)c1. The van der Waals surface area contributed by atoms with E-state index in [-0.39, 0.29) is 0 Å². The number of nitrogens with zero attached hydrogens (tertiary/aromatic N) is 1. The molecule has 1 aromatic rings. The molecule has 0 aromatic heterocycles. The van der Waals surface area contributed by atoms with Gasteiger partial charge in [-0.2, -0.15) is 0 Å². The number of nitrogens with two attached hydrogens (primary N) is 1. The molecule has 5 heteroatoms. The number of hydrogen-bond acceptors (Lipinski definition) is 2. The first-order valence-corrected chi connectivity index (χ1v) is 7.45. The highest BCUT2D eigenvalue weighted by atomic mass is 19.2. The van der Waals surface area contributed by atoms with Crippen LogP contribution in [-0.2, 0) is 0 Å². The van der Waals surface area contributed by atoms with Gasteiger partial charge in [-0.15, -0.1) is 0 Å². The number of halogens is 3. The van der Waals surface area contributed by atoms with E-state index in [2.05, 4.69) is 24.5 Å². The van der Waals surface area contributed by atoms with Gasteiger partial charge in [-0.05, 0) is 25.5 Å². The van der Waals surface area contributed by atoms with Gasteiger partial charge in [-0.1, -0.05) is 36.5 Å².